The molecule has 2 rings (SSSR count). The number of rotatable bonds is 5. The summed E-state index contributed by atoms with van der Waals surface area (Å²) in [6.45, 7) is 1.95. The Bertz CT molecular complexity index is 668. The van der Waals surface area contributed by atoms with Crippen LogP contribution in [0.25, 0.3) is 0 Å². The number of nitrogens with zero attached hydrogens (tertiary/aromatic N) is 2. The van der Waals surface area contributed by atoms with Crippen molar-refractivity contribution in [1.29, 1.82) is 0 Å². The van der Waals surface area contributed by atoms with Crippen molar-refractivity contribution in [2.45, 2.75) is 19.3 Å². The average molecular weight is 286 g/mol. The number of carboxylic acid groups (broad SMARTS) is 1. The molecule has 0 saturated heterocycles. The number of aryl methyl sites for hydroxylation is 1. The number of hydrogen-bond acceptors (Lipinski definition) is 4. The summed E-state index contributed by atoms with van der Waals surface area (Å²) >= 11 is 0. The SMILES string of the molecule is Cc1ccc(CC(C(=O)O)c2cc([N+](=O)[O-])ccn2)cc1. The zero-order valence-corrected chi connectivity index (χ0v) is 11.4. The van der Waals surface area contributed by atoms with Crippen molar-refractivity contribution < 1.29 is 14.8 Å². The summed E-state index contributed by atoms with van der Waals surface area (Å²) in [6.07, 6.45) is 1.50. The van der Waals surface area contributed by atoms with E-state index >= 15 is 0 Å². The molecule has 1 aromatic heterocycles. The van der Waals surface area contributed by atoms with Gasteiger partial charge in [-0.1, -0.05) is 29.8 Å². The van der Waals surface area contributed by atoms with Gasteiger partial charge in [0, 0.05) is 18.3 Å². The predicted molar refractivity (Wildman–Crippen MR) is 76.2 cm³/mol. The van der Waals surface area contributed by atoms with Crippen molar-refractivity contribution in [3.8, 4) is 0 Å². The molecule has 0 aliphatic carbocycles. The first-order chi connectivity index (χ1) is 9.97. The van der Waals surface area contributed by atoms with Crippen molar-refractivity contribution >= 4 is 11.7 Å². The van der Waals surface area contributed by atoms with E-state index in [2.05, 4.69) is 4.98 Å². The molecule has 0 radical (unpaired) electrons. The third-order valence-electron chi connectivity index (χ3n) is 3.19. The fourth-order valence-corrected chi connectivity index (χ4v) is 2.02. The van der Waals surface area contributed by atoms with E-state index < -0.39 is 16.8 Å². The Morgan fingerprint density at radius 3 is 2.57 bits per heavy atom. The molecule has 6 nitrogen and oxygen atoms in total. The van der Waals surface area contributed by atoms with E-state index in [1.165, 1.54) is 18.3 Å². The van der Waals surface area contributed by atoms with Gasteiger partial charge in [-0.25, -0.2) is 0 Å². The van der Waals surface area contributed by atoms with Crippen LogP contribution in [0.15, 0.2) is 42.6 Å². The number of benzene rings is 1. The van der Waals surface area contributed by atoms with Gasteiger partial charge in [0.15, 0.2) is 0 Å². The second kappa shape index (κ2) is 6.13. The fourth-order valence-electron chi connectivity index (χ4n) is 2.02. The van der Waals surface area contributed by atoms with Crippen LogP contribution in [0.2, 0.25) is 0 Å². The van der Waals surface area contributed by atoms with Crippen LogP contribution in [-0.4, -0.2) is 21.0 Å². The third-order valence-corrected chi connectivity index (χ3v) is 3.19. The summed E-state index contributed by atoms with van der Waals surface area (Å²) < 4.78 is 0. The maximum Gasteiger partial charge on any atom is 0.312 e. The number of pyridine rings is 1. The van der Waals surface area contributed by atoms with Gasteiger partial charge in [0.1, 0.15) is 5.92 Å². The molecule has 1 unspecified atom stereocenters. The second-order valence-corrected chi connectivity index (χ2v) is 4.78. The highest BCUT2D eigenvalue weighted by molar-refractivity contribution is 5.76. The first-order valence-corrected chi connectivity index (χ1v) is 6.36. The molecule has 0 aliphatic rings. The molecule has 21 heavy (non-hydrogen) atoms. The van der Waals surface area contributed by atoms with Gasteiger partial charge in [0.2, 0.25) is 0 Å². The van der Waals surface area contributed by atoms with E-state index in [0.29, 0.717) is 0 Å². The van der Waals surface area contributed by atoms with Crippen LogP contribution in [0.3, 0.4) is 0 Å². The number of aromatic nitrogens is 1. The van der Waals surface area contributed by atoms with Crippen LogP contribution in [0.5, 0.6) is 0 Å². The highest BCUT2D eigenvalue weighted by Crippen LogP contribution is 2.23. The van der Waals surface area contributed by atoms with Crippen molar-refractivity contribution in [2.24, 2.45) is 0 Å². The van der Waals surface area contributed by atoms with E-state index in [-0.39, 0.29) is 17.8 Å². The molecule has 0 saturated carbocycles. The lowest BCUT2D eigenvalue weighted by Crippen LogP contribution is -2.16. The van der Waals surface area contributed by atoms with Crippen LogP contribution in [0.1, 0.15) is 22.7 Å². The lowest BCUT2D eigenvalue weighted by Gasteiger charge is -2.12. The normalized spacial score (nSPS) is 11.9. The summed E-state index contributed by atoms with van der Waals surface area (Å²) in [5.41, 5.74) is 1.97. The Kier molecular flexibility index (Phi) is 4.27. The molecule has 2 aromatic rings. The van der Waals surface area contributed by atoms with Crippen molar-refractivity contribution in [1.82, 2.24) is 4.98 Å². The summed E-state index contributed by atoms with van der Waals surface area (Å²) in [5.74, 6) is -1.96. The molecule has 1 heterocycles. The van der Waals surface area contributed by atoms with E-state index in [1.54, 1.807) is 0 Å². The molecule has 0 aliphatic heterocycles. The van der Waals surface area contributed by atoms with Crippen molar-refractivity contribution in [2.75, 3.05) is 0 Å². The predicted octanol–water partition coefficient (Wildman–Crippen LogP) is 2.71. The summed E-state index contributed by atoms with van der Waals surface area (Å²) in [5, 5.41) is 20.1. The Labute approximate surface area is 121 Å². The summed E-state index contributed by atoms with van der Waals surface area (Å²) in [6, 6.07) is 9.96. The number of carboxylic acids is 1. The minimum atomic E-state index is -1.05. The summed E-state index contributed by atoms with van der Waals surface area (Å²) in [7, 11) is 0. The van der Waals surface area contributed by atoms with Crippen LogP contribution in [0.4, 0.5) is 5.69 Å². The average Bonchev–Trinajstić information content (AvgIpc) is 2.46. The quantitative estimate of drug-likeness (QED) is 0.673. The fraction of sp³-hybridized carbons (Fsp3) is 0.200. The second-order valence-electron chi connectivity index (χ2n) is 4.78. The number of nitro groups is 1. The Hall–Kier alpha value is -2.76. The largest absolute Gasteiger partial charge is 0.481 e. The zero-order chi connectivity index (χ0) is 15.4. The molecular formula is C15H14N2O4. The standard InChI is InChI=1S/C15H14N2O4/c1-10-2-4-11(5-3-10)8-13(15(18)19)14-9-12(17(20)21)6-7-16-14/h2-7,9,13H,8H2,1H3,(H,18,19). The molecule has 0 fully saturated rings. The molecule has 1 N–H and O–H groups in total. The smallest absolute Gasteiger partial charge is 0.312 e. The molecule has 108 valence electrons. The molecule has 1 atom stereocenters. The van der Waals surface area contributed by atoms with E-state index in [1.807, 2.05) is 31.2 Å². The first-order valence-electron chi connectivity index (χ1n) is 6.36. The molecule has 0 spiro atoms. The number of carbonyl (C=O) groups is 1. The van der Waals surface area contributed by atoms with Gasteiger partial charge in [0.05, 0.1) is 10.6 Å². The van der Waals surface area contributed by atoms with Gasteiger partial charge >= 0.3 is 5.97 Å². The van der Waals surface area contributed by atoms with Gasteiger partial charge in [-0.2, -0.15) is 0 Å². The van der Waals surface area contributed by atoms with Crippen molar-refractivity contribution in [3.05, 3.63) is 69.5 Å². The van der Waals surface area contributed by atoms with Gasteiger partial charge in [-0.3, -0.25) is 19.9 Å². The zero-order valence-electron chi connectivity index (χ0n) is 11.4. The Balaban J connectivity index is 2.31. The number of hydrogen-bond donors (Lipinski definition) is 1. The molecule has 1 aromatic carbocycles. The van der Waals surface area contributed by atoms with Gasteiger partial charge in [0.25, 0.3) is 5.69 Å². The van der Waals surface area contributed by atoms with Crippen LogP contribution < -0.4 is 0 Å². The molecule has 0 bridgehead atoms. The lowest BCUT2D eigenvalue weighted by molar-refractivity contribution is -0.385. The van der Waals surface area contributed by atoms with Crippen LogP contribution >= 0.6 is 0 Å². The van der Waals surface area contributed by atoms with E-state index in [0.717, 1.165) is 11.1 Å². The number of aliphatic carboxylic acids is 1. The maximum absolute atomic E-state index is 11.4. The third kappa shape index (κ3) is 3.62. The highest BCUT2D eigenvalue weighted by atomic mass is 16.6. The van der Waals surface area contributed by atoms with Gasteiger partial charge < -0.3 is 5.11 Å². The Morgan fingerprint density at radius 2 is 2.00 bits per heavy atom. The molecular weight excluding hydrogens is 272 g/mol. The van der Waals surface area contributed by atoms with Crippen molar-refractivity contribution in [3.63, 3.8) is 0 Å². The lowest BCUT2D eigenvalue weighted by atomic mass is 9.95. The van der Waals surface area contributed by atoms with Crippen LogP contribution in [-0.2, 0) is 11.2 Å². The first kappa shape index (κ1) is 14.6. The summed E-state index contributed by atoms with van der Waals surface area (Å²) in [4.78, 5) is 25.6. The maximum atomic E-state index is 11.4. The van der Waals surface area contributed by atoms with Crippen LogP contribution in [0, 0.1) is 17.0 Å². The monoisotopic (exact) mass is 286 g/mol. The molecule has 6 heteroatoms. The van der Waals surface area contributed by atoms with Gasteiger partial charge in [-0.05, 0) is 18.9 Å². The minimum Gasteiger partial charge on any atom is -0.481 e. The molecule has 0 amide bonds. The Morgan fingerprint density at radius 1 is 1.33 bits per heavy atom. The topological polar surface area (TPSA) is 93.3 Å². The van der Waals surface area contributed by atoms with E-state index in [4.69, 9.17) is 0 Å². The van der Waals surface area contributed by atoms with Gasteiger partial charge in [-0.15, -0.1) is 0 Å². The van der Waals surface area contributed by atoms with E-state index in [9.17, 15) is 20.0 Å². The highest BCUT2D eigenvalue weighted by Gasteiger charge is 2.23. The minimum absolute atomic E-state index is 0.157.